The van der Waals surface area contributed by atoms with E-state index in [4.69, 9.17) is 15.2 Å². The third-order valence-electron chi connectivity index (χ3n) is 2.29. The van der Waals surface area contributed by atoms with Crippen molar-refractivity contribution in [3.05, 3.63) is 0 Å². The predicted octanol–water partition coefficient (Wildman–Crippen LogP) is 0.0355. The van der Waals surface area contributed by atoms with Gasteiger partial charge in [-0.1, -0.05) is 0 Å². The molecule has 0 saturated carbocycles. The number of carbonyl (C=O) groups is 1. The molecule has 0 spiro atoms. The molecule has 1 saturated heterocycles. The molecular weight excluding hydrogens is 208 g/mol. The molecule has 0 aromatic rings. The van der Waals surface area contributed by atoms with Crippen molar-refractivity contribution >= 4 is 5.91 Å². The molecule has 5 nitrogen and oxygen atoms in total. The van der Waals surface area contributed by atoms with Crippen LogP contribution in [0.5, 0.6) is 0 Å². The molecule has 0 aromatic carbocycles. The van der Waals surface area contributed by atoms with Crippen LogP contribution in [-0.4, -0.2) is 43.9 Å². The van der Waals surface area contributed by atoms with E-state index in [-0.39, 0.29) is 24.1 Å². The summed E-state index contributed by atoms with van der Waals surface area (Å²) in [5.74, 6) is -0.0730. The molecule has 16 heavy (non-hydrogen) atoms. The lowest BCUT2D eigenvalue weighted by Gasteiger charge is -2.23. The summed E-state index contributed by atoms with van der Waals surface area (Å²) in [5, 5.41) is 2.92. The second kappa shape index (κ2) is 6.18. The summed E-state index contributed by atoms with van der Waals surface area (Å²) in [4.78, 5) is 11.5. The van der Waals surface area contributed by atoms with Crippen molar-refractivity contribution in [2.75, 3.05) is 26.4 Å². The Balaban J connectivity index is 2.10. The second-order valence-corrected chi connectivity index (χ2v) is 4.94. The van der Waals surface area contributed by atoms with Gasteiger partial charge in [0.1, 0.15) is 6.61 Å². The number of carbonyl (C=O) groups excluding carboxylic acids is 1. The second-order valence-electron chi connectivity index (χ2n) is 4.94. The topological polar surface area (TPSA) is 73.6 Å². The van der Waals surface area contributed by atoms with Crippen LogP contribution >= 0.6 is 0 Å². The minimum atomic E-state index is -0.390. The summed E-state index contributed by atoms with van der Waals surface area (Å²) in [6.07, 6.45) is 1.77. The standard InChI is InChI=1S/C11H22N2O3/c1-11(2,12)8-16-7-10(14)13-9-3-5-15-6-4-9/h9H,3-8,12H2,1-2H3,(H,13,14). The van der Waals surface area contributed by atoms with Crippen molar-refractivity contribution in [1.82, 2.24) is 5.32 Å². The van der Waals surface area contributed by atoms with Crippen LogP contribution in [0.25, 0.3) is 0 Å². The molecule has 1 aliphatic rings. The van der Waals surface area contributed by atoms with Gasteiger partial charge in [0.25, 0.3) is 0 Å². The maximum absolute atomic E-state index is 11.5. The molecule has 1 aliphatic heterocycles. The van der Waals surface area contributed by atoms with Crippen LogP contribution in [0.4, 0.5) is 0 Å². The summed E-state index contributed by atoms with van der Waals surface area (Å²) in [6.45, 7) is 5.64. The summed E-state index contributed by atoms with van der Waals surface area (Å²) in [6, 6.07) is 0.232. The average molecular weight is 230 g/mol. The number of nitrogens with two attached hydrogens (primary N) is 1. The molecule has 0 aromatic heterocycles. The third kappa shape index (κ3) is 6.05. The maximum atomic E-state index is 11.5. The number of amides is 1. The number of rotatable bonds is 5. The highest BCUT2D eigenvalue weighted by Gasteiger charge is 2.17. The summed E-state index contributed by atoms with van der Waals surface area (Å²) < 4.78 is 10.4. The van der Waals surface area contributed by atoms with Crippen molar-refractivity contribution in [2.24, 2.45) is 5.73 Å². The van der Waals surface area contributed by atoms with Gasteiger partial charge in [-0.25, -0.2) is 0 Å². The van der Waals surface area contributed by atoms with Crippen LogP contribution in [0.1, 0.15) is 26.7 Å². The van der Waals surface area contributed by atoms with Crippen molar-refractivity contribution < 1.29 is 14.3 Å². The molecule has 1 fully saturated rings. The van der Waals surface area contributed by atoms with E-state index in [0.717, 1.165) is 26.1 Å². The molecule has 0 radical (unpaired) electrons. The molecule has 0 aliphatic carbocycles. The monoisotopic (exact) mass is 230 g/mol. The normalized spacial score (nSPS) is 18.4. The quantitative estimate of drug-likeness (QED) is 0.699. The zero-order chi connectivity index (χ0) is 12.0. The van der Waals surface area contributed by atoms with Crippen LogP contribution in [0.15, 0.2) is 0 Å². The summed E-state index contributed by atoms with van der Waals surface area (Å²) in [7, 11) is 0. The molecule has 94 valence electrons. The Labute approximate surface area is 96.7 Å². The Hall–Kier alpha value is -0.650. The number of ether oxygens (including phenoxy) is 2. The molecule has 0 atom stereocenters. The van der Waals surface area contributed by atoms with Gasteiger partial charge in [0.05, 0.1) is 6.61 Å². The molecule has 0 unspecified atom stereocenters. The van der Waals surface area contributed by atoms with Gasteiger partial charge in [-0.15, -0.1) is 0 Å². The summed E-state index contributed by atoms with van der Waals surface area (Å²) in [5.41, 5.74) is 5.34. The average Bonchev–Trinajstić information content (AvgIpc) is 2.17. The first-order valence-corrected chi connectivity index (χ1v) is 5.71. The number of hydrogen-bond acceptors (Lipinski definition) is 4. The van der Waals surface area contributed by atoms with Gasteiger partial charge in [-0.2, -0.15) is 0 Å². The molecule has 1 heterocycles. The van der Waals surface area contributed by atoms with E-state index in [1.807, 2.05) is 13.8 Å². The van der Waals surface area contributed by atoms with E-state index >= 15 is 0 Å². The Kier molecular flexibility index (Phi) is 5.18. The zero-order valence-corrected chi connectivity index (χ0v) is 10.1. The van der Waals surface area contributed by atoms with Gasteiger partial charge < -0.3 is 20.5 Å². The Morgan fingerprint density at radius 3 is 2.69 bits per heavy atom. The molecular formula is C11H22N2O3. The van der Waals surface area contributed by atoms with Crippen molar-refractivity contribution in [1.29, 1.82) is 0 Å². The highest BCUT2D eigenvalue weighted by atomic mass is 16.5. The van der Waals surface area contributed by atoms with E-state index in [1.165, 1.54) is 0 Å². The van der Waals surface area contributed by atoms with Crippen LogP contribution < -0.4 is 11.1 Å². The Morgan fingerprint density at radius 1 is 1.50 bits per heavy atom. The molecule has 1 amide bonds. The van der Waals surface area contributed by atoms with Gasteiger partial charge in [0, 0.05) is 24.8 Å². The Morgan fingerprint density at radius 2 is 2.12 bits per heavy atom. The fourth-order valence-corrected chi connectivity index (χ4v) is 1.52. The maximum Gasteiger partial charge on any atom is 0.246 e. The lowest BCUT2D eigenvalue weighted by Crippen LogP contribution is -2.42. The first kappa shape index (κ1) is 13.4. The minimum absolute atomic E-state index is 0.0730. The zero-order valence-electron chi connectivity index (χ0n) is 10.1. The van der Waals surface area contributed by atoms with E-state index in [0.29, 0.717) is 6.61 Å². The molecule has 1 rings (SSSR count). The lowest BCUT2D eigenvalue weighted by atomic mass is 10.1. The first-order chi connectivity index (χ1) is 7.47. The fraction of sp³-hybridized carbons (Fsp3) is 0.909. The highest BCUT2D eigenvalue weighted by molar-refractivity contribution is 5.77. The van der Waals surface area contributed by atoms with E-state index in [2.05, 4.69) is 5.32 Å². The van der Waals surface area contributed by atoms with Crippen LogP contribution in [0.2, 0.25) is 0 Å². The fourth-order valence-electron chi connectivity index (χ4n) is 1.52. The molecule has 3 N–H and O–H groups in total. The third-order valence-corrected chi connectivity index (χ3v) is 2.29. The summed E-state index contributed by atoms with van der Waals surface area (Å²) >= 11 is 0. The highest BCUT2D eigenvalue weighted by Crippen LogP contribution is 2.05. The smallest absolute Gasteiger partial charge is 0.246 e. The van der Waals surface area contributed by atoms with Crippen LogP contribution in [0, 0.1) is 0 Å². The van der Waals surface area contributed by atoms with Crippen molar-refractivity contribution in [3.8, 4) is 0 Å². The predicted molar refractivity (Wildman–Crippen MR) is 61.1 cm³/mol. The van der Waals surface area contributed by atoms with E-state index < -0.39 is 0 Å². The van der Waals surface area contributed by atoms with Crippen molar-refractivity contribution in [3.63, 3.8) is 0 Å². The minimum Gasteiger partial charge on any atom is -0.381 e. The number of hydrogen-bond donors (Lipinski definition) is 2. The van der Waals surface area contributed by atoms with Gasteiger partial charge in [-0.05, 0) is 26.7 Å². The van der Waals surface area contributed by atoms with Gasteiger partial charge in [0.15, 0.2) is 0 Å². The van der Waals surface area contributed by atoms with Gasteiger partial charge in [0.2, 0.25) is 5.91 Å². The largest absolute Gasteiger partial charge is 0.381 e. The van der Waals surface area contributed by atoms with Gasteiger partial charge in [-0.3, -0.25) is 4.79 Å². The van der Waals surface area contributed by atoms with Crippen LogP contribution in [-0.2, 0) is 14.3 Å². The molecule has 5 heteroatoms. The van der Waals surface area contributed by atoms with Crippen LogP contribution in [0.3, 0.4) is 0 Å². The van der Waals surface area contributed by atoms with Gasteiger partial charge >= 0.3 is 0 Å². The Bertz CT molecular complexity index is 220. The number of nitrogens with one attached hydrogen (secondary N) is 1. The van der Waals surface area contributed by atoms with E-state index in [9.17, 15) is 4.79 Å². The van der Waals surface area contributed by atoms with E-state index in [1.54, 1.807) is 0 Å². The SMILES string of the molecule is CC(C)(N)COCC(=O)NC1CCOCC1. The molecule has 0 bridgehead atoms. The lowest BCUT2D eigenvalue weighted by molar-refractivity contribution is -0.127. The van der Waals surface area contributed by atoms with Crippen molar-refractivity contribution in [2.45, 2.75) is 38.3 Å². The first-order valence-electron chi connectivity index (χ1n) is 5.71.